The monoisotopic (exact) mass is 263 g/mol. The molecule has 1 amide bonds. The summed E-state index contributed by atoms with van der Waals surface area (Å²) in [6.07, 6.45) is 1.28. The lowest BCUT2D eigenvalue weighted by Crippen LogP contribution is -2.23. The Morgan fingerprint density at radius 1 is 1.47 bits per heavy atom. The van der Waals surface area contributed by atoms with Gasteiger partial charge in [0.25, 0.3) is 0 Å². The molecule has 19 heavy (non-hydrogen) atoms. The molecule has 0 saturated heterocycles. The molecule has 1 aromatic rings. The lowest BCUT2D eigenvalue weighted by molar-refractivity contribution is -0.116. The van der Waals surface area contributed by atoms with Gasteiger partial charge in [-0.15, -0.1) is 0 Å². The van der Waals surface area contributed by atoms with Crippen LogP contribution >= 0.6 is 0 Å². The van der Waals surface area contributed by atoms with Crippen molar-refractivity contribution in [2.24, 2.45) is 0 Å². The second-order valence-corrected chi connectivity index (χ2v) is 4.85. The molecular formula is C14H21N3O2. The van der Waals surface area contributed by atoms with Crippen LogP contribution in [0.4, 0.5) is 17.1 Å². The largest absolute Gasteiger partial charge is 0.397 e. The Bertz CT molecular complexity index is 474. The average molecular weight is 263 g/mol. The van der Waals surface area contributed by atoms with E-state index in [1.54, 1.807) is 0 Å². The zero-order valence-electron chi connectivity index (χ0n) is 11.5. The lowest BCUT2D eigenvalue weighted by atomic mass is 10.0. The molecule has 0 radical (unpaired) electrons. The second kappa shape index (κ2) is 5.93. The molecule has 5 heteroatoms. The van der Waals surface area contributed by atoms with E-state index in [0.717, 1.165) is 23.4 Å². The van der Waals surface area contributed by atoms with Gasteiger partial charge >= 0.3 is 0 Å². The number of aryl methyl sites for hydroxylation is 1. The number of rotatable bonds is 5. The number of fused-ring (bicyclic) bond motifs is 1. The van der Waals surface area contributed by atoms with Crippen LogP contribution in [0.25, 0.3) is 0 Å². The summed E-state index contributed by atoms with van der Waals surface area (Å²) in [5, 5.41) is 6.19. The van der Waals surface area contributed by atoms with Crippen LogP contribution in [0.15, 0.2) is 12.1 Å². The van der Waals surface area contributed by atoms with Crippen molar-refractivity contribution in [1.29, 1.82) is 0 Å². The van der Waals surface area contributed by atoms with Crippen molar-refractivity contribution in [3.05, 3.63) is 17.7 Å². The summed E-state index contributed by atoms with van der Waals surface area (Å²) in [6, 6.07) is 4.01. The zero-order valence-corrected chi connectivity index (χ0v) is 11.5. The zero-order chi connectivity index (χ0) is 13.8. The first kappa shape index (κ1) is 13.7. The maximum atomic E-state index is 11.4. The molecule has 104 valence electrons. The molecule has 1 heterocycles. The highest BCUT2D eigenvalue weighted by molar-refractivity contribution is 5.95. The van der Waals surface area contributed by atoms with E-state index >= 15 is 0 Å². The average Bonchev–Trinajstić information content (AvgIpc) is 2.38. The second-order valence-electron chi connectivity index (χ2n) is 4.85. The van der Waals surface area contributed by atoms with Crippen LogP contribution in [0.2, 0.25) is 0 Å². The number of ether oxygens (including phenoxy) is 1. The van der Waals surface area contributed by atoms with Crippen LogP contribution < -0.4 is 16.4 Å². The Morgan fingerprint density at radius 3 is 3.00 bits per heavy atom. The van der Waals surface area contributed by atoms with Crippen LogP contribution in [-0.4, -0.2) is 25.2 Å². The number of hydrogen-bond acceptors (Lipinski definition) is 4. The fourth-order valence-corrected chi connectivity index (χ4v) is 2.17. The van der Waals surface area contributed by atoms with Gasteiger partial charge in [-0.1, -0.05) is 0 Å². The van der Waals surface area contributed by atoms with Gasteiger partial charge in [0.15, 0.2) is 0 Å². The lowest BCUT2D eigenvalue weighted by Gasteiger charge is -2.22. The maximum absolute atomic E-state index is 11.4. The summed E-state index contributed by atoms with van der Waals surface area (Å²) in [4.78, 5) is 11.4. The number of amides is 1. The van der Waals surface area contributed by atoms with E-state index in [2.05, 4.69) is 10.6 Å². The van der Waals surface area contributed by atoms with Gasteiger partial charge in [0.2, 0.25) is 5.91 Å². The van der Waals surface area contributed by atoms with Gasteiger partial charge in [-0.25, -0.2) is 0 Å². The fraction of sp³-hybridized carbons (Fsp3) is 0.500. The third-order valence-electron chi connectivity index (χ3n) is 3.14. The predicted molar refractivity (Wildman–Crippen MR) is 77.4 cm³/mol. The molecule has 2 rings (SSSR count). The summed E-state index contributed by atoms with van der Waals surface area (Å²) in [5.74, 6) is 0.0607. The molecule has 0 aromatic heterocycles. The van der Waals surface area contributed by atoms with Gasteiger partial charge in [0.1, 0.15) is 0 Å². The van der Waals surface area contributed by atoms with E-state index in [-0.39, 0.29) is 11.9 Å². The molecule has 1 unspecified atom stereocenters. The van der Waals surface area contributed by atoms with E-state index in [1.165, 1.54) is 0 Å². The van der Waals surface area contributed by atoms with Crippen LogP contribution in [0.5, 0.6) is 0 Å². The maximum Gasteiger partial charge on any atom is 0.224 e. The summed E-state index contributed by atoms with van der Waals surface area (Å²) < 4.78 is 5.36. The van der Waals surface area contributed by atoms with E-state index in [1.807, 2.05) is 26.0 Å². The number of benzene rings is 1. The van der Waals surface area contributed by atoms with Crippen molar-refractivity contribution >= 4 is 23.0 Å². The normalized spacial score (nSPS) is 15.6. The van der Waals surface area contributed by atoms with Crippen LogP contribution in [-0.2, 0) is 16.0 Å². The van der Waals surface area contributed by atoms with Crippen molar-refractivity contribution in [2.75, 3.05) is 29.6 Å². The summed E-state index contributed by atoms with van der Waals surface area (Å²) in [6.45, 7) is 5.32. The first-order valence-corrected chi connectivity index (χ1v) is 6.66. The molecule has 0 spiro atoms. The van der Waals surface area contributed by atoms with Crippen molar-refractivity contribution in [2.45, 2.75) is 32.7 Å². The van der Waals surface area contributed by atoms with Crippen LogP contribution in [0.3, 0.4) is 0 Å². The molecule has 0 aliphatic carbocycles. The molecule has 0 fully saturated rings. The topological polar surface area (TPSA) is 76.4 Å². The fourth-order valence-electron chi connectivity index (χ4n) is 2.17. The number of nitrogens with one attached hydrogen (secondary N) is 2. The number of anilines is 3. The third kappa shape index (κ3) is 3.38. The van der Waals surface area contributed by atoms with E-state index < -0.39 is 0 Å². The Labute approximate surface area is 113 Å². The van der Waals surface area contributed by atoms with Crippen LogP contribution in [0, 0.1) is 0 Å². The minimum Gasteiger partial charge on any atom is -0.397 e. The summed E-state index contributed by atoms with van der Waals surface area (Å²) >= 11 is 0. The van der Waals surface area contributed by atoms with Crippen molar-refractivity contribution in [3.63, 3.8) is 0 Å². The Balaban J connectivity index is 2.12. The molecular weight excluding hydrogens is 242 g/mol. The molecule has 1 aliphatic heterocycles. The number of hydrogen-bond donors (Lipinski definition) is 3. The van der Waals surface area contributed by atoms with Gasteiger partial charge in [-0.05, 0) is 38.0 Å². The number of carbonyl (C=O) groups excluding carboxylic acids is 1. The molecule has 1 aromatic carbocycles. The smallest absolute Gasteiger partial charge is 0.224 e. The summed E-state index contributed by atoms with van der Waals surface area (Å²) in [7, 11) is 0. The number of carbonyl (C=O) groups is 1. The van der Waals surface area contributed by atoms with Gasteiger partial charge in [-0.3, -0.25) is 4.79 Å². The van der Waals surface area contributed by atoms with Crippen molar-refractivity contribution in [3.8, 4) is 0 Å². The highest BCUT2D eigenvalue weighted by Gasteiger charge is 2.17. The first-order chi connectivity index (χ1) is 9.10. The van der Waals surface area contributed by atoms with E-state index in [0.29, 0.717) is 25.3 Å². The first-order valence-electron chi connectivity index (χ1n) is 6.66. The van der Waals surface area contributed by atoms with Crippen molar-refractivity contribution in [1.82, 2.24) is 0 Å². The van der Waals surface area contributed by atoms with Crippen LogP contribution in [0.1, 0.15) is 25.8 Å². The van der Waals surface area contributed by atoms with E-state index in [4.69, 9.17) is 10.5 Å². The minimum atomic E-state index is 0.0607. The molecule has 1 atom stereocenters. The highest BCUT2D eigenvalue weighted by Crippen LogP contribution is 2.31. The standard InChI is InChI=1S/C14H21N3O2/c1-3-19-8-9(2)16-13-7-12-10(6-11(13)15)4-5-14(18)17-12/h6-7,9,16H,3-5,8,15H2,1-2H3,(H,17,18). The predicted octanol–water partition coefficient (Wildman–Crippen LogP) is 1.99. The molecule has 0 bridgehead atoms. The molecule has 0 saturated carbocycles. The summed E-state index contributed by atoms with van der Waals surface area (Å²) in [5.41, 5.74) is 9.54. The van der Waals surface area contributed by atoms with Gasteiger partial charge < -0.3 is 21.1 Å². The molecule has 4 N–H and O–H groups in total. The number of nitrogens with two attached hydrogens (primary N) is 1. The van der Waals surface area contributed by atoms with Gasteiger partial charge in [0, 0.05) is 24.8 Å². The highest BCUT2D eigenvalue weighted by atomic mass is 16.5. The SMILES string of the molecule is CCOCC(C)Nc1cc2c(cc1N)CCC(=O)N2. The number of nitrogen functional groups attached to an aromatic ring is 1. The van der Waals surface area contributed by atoms with E-state index in [9.17, 15) is 4.79 Å². The third-order valence-corrected chi connectivity index (χ3v) is 3.14. The molecule has 1 aliphatic rings. The Hall–Kier alpha value is -1.75. The van der Waals surface area contributed by atoms with Gasteiger partial charge in [0.05, 0.1) is 18.0 Å². The van der Waals surface area contributed by atoms with Crippen molar-refractivity contribution < 1.29 is 9.53 Å². The molecule has 5 nitrogen and oxygen atoms in total. The quantitative estimate of drug-likeness (QED) is 0.710. The Morgan fingerprint density at radius 2 is 2.26 bits per heavy atom. The Kier molecular flexibility index (Phi) is 4.27. The minimum absolute atomic E-state index is 0.0607. The van der Waals surface area contributed by atoms with Gasteiger partial charge in [-0.2, -0.15) is 0 Å².